The van der Waals surface area contributed by atoms with Gasteiger partial charge in [0, 0.05) is 17.5 Å². The van der Waals surface area contributed by atoms with Gasteiger partial charge in [-0.15, -0.1) is 0 Å². The van der Waals surface area contributed by atoms with Gasteiger partial charge in [0.15, 0.2) is 0 Å². The van der Waals surface area contributed by atoms with Gasteiger partial charge in [0.25, 0.3) is 0 Å². The van der Waals surface area contributed by atoms with Gasteiger partial charge in [-0.3, -0.25) is 9.59 Å². The van der Waals surface area contributed by atoms with E-state index in [4.69, 9.17) is 11.6 Å². The summed E-state index contributed by atoms with van der Waals surface area (Å²) in [7, 11) is 0. The Morgan fingerprint density at radius 1 is 0.808 bits per heavy atom. The van der Waals surface area contributed by atoms with Gasteiger partial charge < -0.3 is 10.6 Å². The molecule has 2 amide bonds. The Kier molecular flexibility index (Phi) is 5.94. The van der Waals surface area contributed by atoms with E-state index in [1.54, 1.807) is 12.1 Å². The molecule has 0 atom stereocenters. The van der Waals surface area contributed by atoms with Crippen molar-refractivity contribution in [3.63, 3.8) is 0 Å². The van der Waals surface area contributed by atoms with Crippen molar-refractivity contribution < 1.29 is 9.59 Å². The van der Waals surface area contributed by atoms with Crippen LogP contribution in [0.1, 0.15) is 31.2 Å². The first-order valence-electron chi connectivity index (χ1n) is 8.96. The van der Waals surface area contributed by atoms with Crippen molar-refractivity contribution in [1.82, 2.24) is 0 Å². The summed E-state index contributed by atoms with van der Waals surface area (Å²) in [6, 6.07) is 15.0. The van der Waals surface area contributed by atoms with Gasteiger partial charge in [-0.2, -0.15) is 0 Å². The number of amides is 2. The number of anilines is 2. The number of para-hydroxylation sites is 2. The van der Waals surface area contributed by atoms with Crippen molar-refractivity contribution in [3.8, 4) is 0 Å². The van der Waals surface area contributed by atoms with E-state index >= 15 is 0 Å². The fourth-order valence-corrected chi connectivity index (χ4v) is 3.55. The summed E-state index contributed by atoms with van der Waals surface area (Å²) < 4.78 is 0. The SMILES string of the molecule is Cc1ccccc1NC(=O)C1CCC(C(=O)Nc2ccccc2Cl)CC1. The zero-order valence-electron chi connectivity index (χ0n) is 14.8. The van der Waals surface area contributed by atoms with E-state index in [2.05, 4.69) is 10.6 Å². The number of rotatable bonds is 4. The van der Waals surface area contributed by atoms with Gasteiger partial charge in [0.1, 0.15) is 0 Å². The molecule has 1 fully saturated rings. The second kappa shape index (κ2) is 8.37. The Balaban J connectivity index is 1.52. The van der Waals surface area contributed by atoms with Crippen LogP contribution < -0.4 is 10.6 Å². The molecule has 0 saturated heterocycles. The molecule has 5 heteroatoms. The Morgan fingerprint density at radius 2 is 1.27 bits per heavy atom. The van der Waals surface area contributed by atoms with Crippen LogP contribution in [0.25, 0.3) is 0 Å². The topological polar surface area (TPSA) is 58.2 Å². The lowest BCUT2D eigenvalue weighted by Gasteiger charge is -2.27. The number of carbonyl (C=O) groups excluding carboxylic acids is 2. The first kappa shape index (κ1) is 18.5. The molecule has 0 spiro atoms. The average Bonchev–Trinajstić information content (AvgIpc) is 2.65. The maximum Gasteiger partial charge on any atom is 0.227 e. The average molecular weight is 371 g/mol. The van der Waals surface area contributed by atoms with Gasteiger partial charge in [-0.05, 0) is 56.4 Å². The molecule has 2 N–H and O–H groups in total. The smallest absolute Gasteiger partial charge is 0.227 e. The number of aryl methyl sites for hydroxylation is 1. The van der Waals surface area contributed by atoms with Crippen LogP contribution in [0.15, 0.2) is 48.5 Å². The van der Waals surface area contributed by atoms with Crippen LogP contribution >= 0.6 is 11.6 Å². The summed E-state index contributed by atoms with van der Waals surface area (Å²) >= 11 is 6.09. The number of nitrogens with one attached hydrogen (secondary N) is 2. The second-order valence-electron chi connectivity index (χ2n) is 6.82. The van der Waals surface area contributed by atoms with Gasteiger partial charge in [-0.25, -0.2) is 0 Å². The highest BCUT2D eigenvalue weighted by molar-refractivity contribution is 6.33. The molecule has 2 aromatic carbocycles. The summed E-state index contributed by atoms with van der Waals surface area (Å²) in [5.41, 5.74) is 2.54. The fourth-order valence-electron chi connectivity index (χ4n) is 3.36. The maximum absolute atomic E-state index is 12.5. The van der Waals surface area contributed by atoms with Crippen molar-refractivity contribution in [2.24, 2.45) is 11.8 Å². The first-order chi connectivity index (χ1) is 12.5. The van der Waals surface area contributed by atoms with Crippen LogP contribution in [0.3, 0.4) is 0 Å². The number of halogens is 1. The monoisotopic (exact) mass is 370 g/mol. The molecule has 0 radical (unpaired) electrons. The molecular weight excluding hydrogens is 348 g/mol. The first-order valence-corrected chi connectivity index (χ1v) is 9.34. The molecule has 0 bridgehead atoms. The Bertz CT molecular complexity index is 731. The molecule has 0 aliphatic heterocycles. The molecule has 3 rings (SSSR count). The van der Waals surface area contributed by atoms with E-state index in [0.717, 1.165) is 24.1 Å². The minimum atomic E-state index is -0.0752. The second-order valence-corrected chi connectivity index (χ2v) is 7.23. The summed E-state index contributed by atoms with van der Waals surface area (Å²) in [4.78, 5) is 25.0. The van der Waals surface area contributed by atoms with Crippen LogP contribution in [0.5, 0.6) is 0 Å². The van der Waals surface area contributed by atoms with Crippen molar-refractivity contribution in [2.45, 2.75) is 32.6 Å². The molecular formula is C21H23ClN2O2. The van der Waals surface area contributed by atoms with E-state index in [1.165, 1.54) is 0 Å². The normalized spacial score (nSPS) is 19.6. The highest BCUT2D eigenvalue weighted by Crippen LogP contribution is 2.31. The van der Waals surface area contributed by atoms with Crippen LogP contribution in [0, 0.1) is 18.8 Å². The third-order valence-corrected chi connectivity index (χ3v) is 5.33. The quantitative estimate of drug-likeness (QED) is 0.792. The minimum Gasteiger partial charge on any atom is -0.326 e. The summed E-state index contributed by atoms with van der Waals surface area (Å²) in [6.07, 6.45) is 2.86. The van der Waals surface area contributed by atoms with Gasteiger partial charge >= 0.3 is 0 Å². The molecule has 4 nitrogen and oxygen atoms in total. The lowest BCUT2D eigenvalue weighted by molar-refractivity contribution is -0.125. The molecule has 0 heterocycles. The molecule has 1 saturated carbocycles. The fraction of sp³-hybridized carbons (Fsp3) is 0.333. The van der Waals surface area contributed by atoms with E-state index in [0.29, 0.717) is 23.6 Å². The molecule has 1 aliphatic carbocycles. The lowest BCUT2D eigenvalue weighted by Crippen LogP contribution is -2.32. The third-order valence-electron chi connectivity index (χ3n) is 5.00. The van der Waals surface area contributed by atoms with Crippen molar-refractivity contribution in [3.05, 3.63) is 59.1 Å². The highest BCUT2D eigenvalue weighted by atomic mass is 35.5. The molecule has 136 valence electrons. The van der Waals surface area contributed by atoms with Crippen molar-refractivity contribution >= 4 is 34.8 Å². The number of benzene rings is 2. The van der Waals surface area contributed by atoms with Crippen LogP contribution in [0.4, 0.5) is 11.4 Å². The number of carbonyl (C=O) groups is 2. The third kappa shape index (κ3) is 4.44. The molecule has 2 aromatic rings. The molecule has 0 aromatic heterocycles. The molecule has 26 heavy (non-hydrogen) atoms. The lowest BCUT2D eigenvalue weighted by atomic mass is 9.81. The highest BCUT2D eigenvalue weighted by Gasteiger charge is 2.30. The van der Waals surface area contributed by atoms with Crippen LogP contribution in [-0.2, 0) is 9.59 Å². The van der Waals surface area contributed by atoms with E-state index in [-0.39, 0.29) is 23.7 Å². The zero-order valence-corrected chi connectivity index (χ0v) is 15.6. The van der Waals surface area contributed by atoms with Crippen LogP contribution in [0.2, 0.25) is 5.02 Å². The number of hydrogen-bond donors (Lipinski definition) is 2. The van der Waals surface area contributed by atoms with Crippen LogP contribution in [-0.4, -0.2) is 11.8 Å². The maximum atomic E-state index is 12.5. The summed E-state index contributed by atoms with van der Waals surface area (Å²) in [5.74, 6) is -0.0899. The summed E-state index contributed by atoms with van der Waals surface area (Å²) in [5, 5.41) is 6.45. The zero-order chi connectivity index (χ0) is 18.5. The van der Waals surface area contributed by atoms with E-state index < -0.39 is 0 Å². The predicted molar refractivity (Wildman–Crippen MR) is 105 cm³/mol. The minimum absolute atomic E-state index is 0.0177. The van der Waals surface area contributed by atoms with Gasteiger partial charge in [-0.1, -0.05) is 41.9 Å². The Morgan fingerprint density at radius 3 is 1.81 bits per heavy atom. The van der Waals surface area contributed by atoms with Crippen molar-refractivity contribution in [1.29, 1.82) is 0 Å². The van der Waals surface area contributed by atoms with E-state index in [1.807, 2.05) is 43.3 Å². The van der Waals surface area contributed by atoms with Gasteiger partial charge in [0.2, 0.25) is 11.8 Å². The van der Waals surface area contributed by atoms with Crippen molar-refractivity contribution in [2.75, 3.05) is 10.6 Å². The summed E-state index contributed by atoms with van der Waals surface area (Å²) in [6.45, 7) is 1.98. The van der Waals surface area contributed by atoms with E-state index in [9.17, 15) is 9.59 Å². The molecule has 0 unspecified atom stereocenters. The Labute approximate surface area is 158 Å². The predicted octanol–water partition coefficient (Wildman–Crippen LogP) is 5.03. The molecule has 1 aliphatic rings. The standard InChI is InChI=1S/C21H23ClN2O2/c1-14-6-2-4-8-18(14)23-20(25)15-10-12-16(13-11-15)21(26)24-19-9-5-3-7-17(19)22/h2-9,15-16H,10-13H2,1H3,(H,23,25)(H,24,26). The van der Waals surface area contributed by atoms with Gasteiger partial charge in [0.05, 0.1) is 10.7 Å². The number of hydrogen-bond acceptors (Lipinski definition) is 2. The largest absolute Gasteiger partial charge is 0.326 e. The Hall–Kier alpha value is -2.33.